The molecule has 1 nitrogen and oxygen atoms in total. The smallest absolute Gasteiger partial charge is 0.0536 e. The van der Waals surface area contributed by atoms with Crippen LogP contribution in [0.4, 0.5) is 11.4 Å². The van der Waals surface area contributed by atoms with Crippen LogP contribution in [0.5, 0.6) is 0 Å². The van der Waals surface area contributed by atoms with Crippen LogP contribution in [0.3, 0.4) is 0 Å². The topological polar surface area (TPSA) is 3.24 Å². The Labute approximate surface area is 132 Å². The van der Waals surface area contributed by atoms with Crippen molar-refractivity contribution in [2.24, 2.45) is 0 Å². The third-order valence-electron chi connectivity index (χ3n) is 3.99. The van der Waals surface area contributed by atoms with Crippen LogP contribution in [0.15, 0.2) is 79.0 Å². The molecule has 22 heavy (non-hydrogen) atoms. The standard InChI is InChI=1S/C21H21N/c1-4-17-12-14-19(15-13-17)22(16(2)3)21-11-7-9-18-8-5-6-10-20(18)21/h5-15H,2,4H2,1,3H3. The second-order valence-electron chi connectivity index (χ2n) is 5.59. The van der Waals surface area contributed by atoms with Gasteiger partial charge >= 0.3 is 0 Å². The highest BCUT2D eigenvalue weighted by Crippen LogP contribution is 2.34. The molecule has 0 fully saturated rings. The van der Waals surface area contributed by atoms with E-state index in [1.165, 1.54) is 22.0 Å². The molecule has 0 aromatic heterocycles. The molecule has 0 aliphatic carbocycles. The second-order valence-corrected chi connectivity index (χ2v) is 5.59. The molecule has 0 atom stereocenters. The van der Waals surface area contributed by atoms with Crippen LogP contribution in [0.1, 0.15) is 19.4 Å². The zero-order valence-corrected chi connectivity index (χ0v) is 13.2. The lowest BCUT2D eigenvalue weighted by Crippen LogP contribution is -2.13. The summed E-state index contributed by atoms with van der Waals surface area (Å²) in [5.41, 5.74) is 4.69. The molecule has 0 radical (unpaired) electrons. The lowest BCUT2D eigenvalue weighted by atomic mass is 10.1. The van der Waals surface area contributed by atoms with E-state index in [0.29, 0.717) is 0 Å². The van der Waals surface area contributed by atoms with E-state index in [1.54, 1.807) is 0 Å². The molecule has 110 valence electrons. The minimum Gasteiger partial charge on any atom is -0.314 e. The lowest BCUT2D eigenvalue weighted by Gasteiger charge is -2.26. The number of anilines is 2. The molecule has 1 heteroatoms. The maximum absolute atomic E-state index is 4.18. The van der Waals surface area contributed by atoms with Gasteiger partial charge in [-0.3, -0.25) is 0 Å². The van der Waals surface area contributed by atoms with Crippen LogP contribution < -0.4 is 4.90 Å². The lowest BCUT2D eigenvalue weighted by molar-refractivity contribution is 1.13. The van der Waals surface area contributed by atoms with Gasteiger partial charge in [0, 0.05) is 16.8 Å². The van der Waals surface area contributed by atoms with E-state index in [4.69, 9.17) is 0 Å². The Kier molecular flexibility index (Phi) is 3.97. The summed E-state index contributed by atoms with van der Waals surface area (Å²) in [6.45, 7) is 8.41. The van der Waals surface area contributed by atoms with Crippen molar-refractivity contribution in [2.75, 3.05) is 4.90 Å². The van der Waals surface area contributed by atoms with Crippen molar-refractivity contribution < 1.29 is 0 Å². The minimum absolute atomic E-state index is 1.01. The maximum Gasteiger partial charge on any atom is 0.0536 e. The van der Waals surface area contributed by atoms with Crippen molar-refractivity contribution >= 4 is 22.1 Å². The molecule has 0 amide bonds. The SMILES string of the molecule is C=C(C)N(c1ccc(CC)cc1)c1cccc2ccccc12. The van der Waals surface area contributed by atoms with E-state index in [-0.39, 0.29) is 0 Å². The Balaban J connectivity index is 2.16. The van der Waals surface area contributed by atoms with Crippen LogP contribution in [0.2, 0.25) is 0 Å². The average Bonchev–Trinajstić information content (AvgIpc) is 2.56. The molecule has 3 aromatic carbocycles. The summed E-state index contributed by atoms with van der Waals surface area (Å²) < 4.78 is 0. The van der Waals surface area contributed by atoms with E-state index in [9.17, 15) is 0 Å². The predicted molar refractivity (Wildman–Crippen MR) is 96.7 cm³/mol. The van der Waals surface area contributed by atoms with Gasteiger partial charge in [-0.05, 0) is 42.5 Å². The van der Waals surface area contributed by atoms with Gasteiger partial charge in [0.1, 0.15) is 0 Å². The molecular weight excluding hydrogens is 266 g/mol. The Hall–Kier alpha value is -2.54. The maximum atomic E-state index is 4.18. The van der Waals surface area contributed by atoms with Crippen molar-refractivity contribution in [1.82, 2.24) is 0 Å². The molecule has 0 saturated carbocycles. The van der Waals surface area contributed by atoms with E-state index in [1.807, 2.05) is 0 Å². The van der Waals surface area contributed by atoms with Gasteiger partial charge in [-0.15, -0.1) is 0 Å². The summed E-state index contributed by atoms with van der Waals surface area (Å²) in [4.78, 5) is 2.22. The van der Waals surface area contributed by atoms with Gasteiger partial charge in [-0.2, -0.15) is 0 Å². The first-order valence-electron chi connectivity index (χ1n) is 7.73. The van der Waals surface area contributed by atoms with Crippen LogP contribution in [-0.4, -0.2) is 0 Å². The Bertz CT molecular complexity index is 794. The van der Waals surface area contributed by atoms with Gasteiger partial charge in [-0.25, -0.2) is 0 Å². The molecule has 0 unspecified atom stereocenters. The molecule has 0 aliphatic rings. The monoisotopic (exact) mass is 287 g/mol. The first-order chi connectivity index (χ1) is 10.7. The quantitative estimate of drug-likeness (QED) is 0.562. The number of benzene rings is 3. The Morgan fingerprint density at radius 3 is 2.27 bits per heavy atom. The van der Waals surface area contributed by atoms with Gasteiger partial charge < -0.3 is 4.90 Å². The number of allylic oxidation sites excluding steroid dienone is 1. The summed E-state index contributed by atoms with van der Waals surface area (Å²) in [7, 11) is 0. The fraction of sp³-hybridized carbons (Fsp3) is 0.143. The van der Waals surface area contributed by atoms with E-state index < -0.39 is 0 Å². The van der Waals surface area contributed by atoms with Crippen molar-refractivity contribution in [2.45, 2.75) is 20.3 Å². The minimum atomic E-state index is 1.01. The molecule has 0 aliphatic heterocycles. The van der Waals surface area contributed by atoms with Crippen LogP contribution >= 0.6 is 0 Å². The van der Waals surface area contributed by atoms with Gasteiger partial charge in [0.15, 0.2) is 0 Å². The largest absolute Gasteiger partial charge is 0.314 e. The van der Waals surface area contributed by atoms with Crippen molar-refractivity contribution in [3.63, 3.8) is 0 Å². The molecule has 0 spiro atoms. The average molecular weight is 287 g/mol. The van der Waals surface area contributed by atoms with Gasteiger partial charge in [0.05, 0.1) is 5.69 Å². The van der Waals surface area contributed by atoms with Gasteiger partial charge in [0.2, 0.25) is 0 Å². The van der Waals surface area contributed by atoms with Gasteiger partial charge in [-0.1, -0.05) is 62.0 Å². The number of fused-ring (bicyclic) bond motifs is 1. The Morgan fingerprint density at radius 1 is 0.909 bits per heavy atom. The van der Waals surface area contributed by atoms with Crippen molar-refractivity contribution in [3.8, 4) is 0 Å². The van der Waals surface area contributed by atoms with Crippen molar-refractivity contribution in [3.05, 3.63) is 84.6 Å². The number of hydrogen-bond acceptors (Lipinski definition) is 1. The second kappa shape index (κ2) is 6.07. The third kappa shape index (κ3) is 2.62. The molecule has 3 rings (SSSR count). The number of nitrogens with zero attached hydrogens (tertiary/aromatic N) is 1. The highest BCUT2D eigenvalue weighted by Gasteiger charge is 2.12. The first-order valence-corrected chi connectivity index (χ1v) is 7.73. The molecule has 3 aromatic rings. The highest BCUT2D eigenvalue weighted by atomic mass is 15.1. The summed E-state index contributed by atoms with van der Waals surface area (Å²) in [5, 5.41) is 2.49. The highest BCUT2D eigenvalue weighted by molar-refractivity contribution is 5.97. The predicted octanol–water partition coefficient (Wildman–Crippen LogP) is 6.07. The van der Waals surface area contributed by atoms with Crippen LogP contribution in [-0.2, 0) is 6.42 Å². The van der Waals surface area contributed by atoms with E-state index >= 15 is 0 Å². The fourth-order valence-electron chi connectivity index (χ4n) is 2.85. The molecular formula is C21H21N. The molecule has 0 bridgehead atoms. The number of aryl methyl sites for hydroxylation is 1. The first kappa shape index (κ1) is 14.4. The summed E-state index contributed by atoms with van der Waals surface area (Å²) in [6, 6.07) is 23.6. The molecule has 0 saturated heterocycles. The number of hydrogen-bond donors (Lipinski definition) is 0. The zero-order chi connectivity index (χ0) is 15.5. The normalized spacial score (nSPS) is 10.6. The summed E-state index contributed by atoms with van der Waals surface area (Å²) in [6.07, 6.45) is 1.06. The molecule has 0 N–H and O–H groups in total. The van der Waals surface area contributed by atoms with Crippen LogP contribution in [0, 0.1) is 0 Å². The van der Waals surface area contributed by atoms with E-state index in [2.05, 4.69) is 92.1 Å². The fourth-order valence-corrected chi connectivity index (χ4v) is 2.85. The number of rotatable bonds is 4. The third-order valence-corrected chi connectivity index (χ3v) is 3.99. The summed E-state index contributed by atoms with van der Waals surface area (Å²) in [5.74, 6) is 0. The van der Waals surface area contributed by atoms with Gasteiger partial charge in [0.25, 0.3) is 0 Å². The van der Waals surface area contributed by atoms with E-state index in [0.717, 1.165) is 17.8 Å². The zero-order valence-electron chi connectivity index (χ0n) is 13.2. The van der Waals surface area contributed by atoms with Crippen LogP contribution in [0.25, 0.3) is 10.8 Å². The Morgan fingerprint density at radius 2 is 1.59 bits per heavy atom. The molecule has 0 heterocycles. The summed E-state index contributed by atoms with van der Waals surface area (Å²) >= 11 is 0. The van der Waals surface area contributed by atoms with Crippen molar-refractivity contribution in [1.29, 1.82) is 0 Å².